The first-order chi connectivity index (χ1) is 10.9. The molecule has 0 saturated carbocycles. The minimum Gasteiger partial charge on any atom is -0.392 e. The number of piperazine rings is 1. The average molecular weight is 319 g/mol. The fourth-order valence-corrected chi connectivity index (χ4v) is 3.03. The minimum atomic E-state index is -0.325. The molecule has 1 heterocycles. The lowest BCUT2D eigenvalue weighted by Gasteiger charge is -2.38. The lowest BCUT2D eigenvalue weighted by atomic mass is 10.1. The first-order valence-corrected chi connectivity index (χ1v) is 8.39. The number of hydrogen-bond acceptors (Lipinski definition) is 4. The van der Waals surface area contributed by atoms with Gasteiger partial charge in [0.25, 0.3) is 0 Å². The number of aliphatic hydroxyl groups is 1. The molecule has 1 fully saturated rings. The third-order valence-corrected chi connectivity index (χ3v) is 4.79. The van der Waals surface area contributed by atoms with E-state index in [1.54, 1.807) is 0 Å². The summed E-state index contributed by atoms with van der Waals surface area (Å²) in [6, 6.07) is 6.20. The van der Waals surface area contributed by atoms with Crippen LogP contribution in [0, 0.1) is 13.8 Å². The van der Waals surface area contributed by atoms with Crippen molar-refractivity contribution < 1.29 is 9.90 Å². The van der Waals surface area contributed by atoms with E-state index in [1.807, 2.05) is 45.9 Å². The van der Waals surface area contributed by atoms with Gasteiger partial charge in [0.2, 0.25) is 5.91 Å². The maximum Gasteiger partial charge on any atom is 0.238 e. The molecule has 1 aromatic carbocycles. The fourth-order valence-electron chi connectivity index (χ4n) is 3.03. The first kappa shape index (κ1) is 17.9. The standard InChI is InChI=1S/C18H29N3O2/c1-13-6-5-7-14(2)18(13)19-17(23)12-20-8-10-21(11-9-20)15(3)16(4)22/h5-7,15-16,22H,8-12H2,1-4H3,(H,19,23)/t15-,16+/m1/s1. The van der Waals surface area contributed by atoms with Gasteiger partial charge in [-0.1, -0.05) is 18.2 Å². The first-order valence-electron chi connectivity index (χ1n) is 8.39. The zero-order chi connectivity index (χ0) is 17.0. The molecule has 0 aromatic heterocycles. The molecule has 5 nitrogen and oxygen atoms in total. The molecule has 23 heavy (non-hydrogen) atoms. The highest BCUT2D eigenvalue weighted by molar-refractivity contribution is 5.93. The predicted molar refractivity (Wildman–Crippen MR) is 93.7 cm³/mol. The van der Waals surface area contributed by atoms with Crippen LogP contribution in [0.1, 0.15) is 25.0 Å². The van der Waals surface area contributed by atoms with Gasteiger partial charge in [-0.25, -0.2) is 0 Å². The molecule has 1 saturated heterocycles. The fraction of sp³-hybridized carbons (Fsp3) is 0.611. The van der Waals surface area contributed by atoms with E-state index in [1.165, 1.54) is 0 Å². The van der Waals surface area contributed by atoms with Gasteiger partial charge in [-0.2, -0.15) is 0 Å². The lowest BCUT2D eigenvalue weighted by Crippen LogP contribution is -2.53. The summed E-state index contributed by atoms with van der Waals surface area (Å²) in [7, 11) is 0. The van der Waals surface area contributed by atoms with Crippen LogP contribution in [0.3, 0.4) is 0 Å². The Labute approximate surface area is 139 Å². The second-order valence-corrected chi connectivity index (χ2v) is 6.61. The van der Waals surface area contributed by atoms with E-state index in [9.17, 15) is 9.90 Å². The molecule has 128 valence electrons. The van der Waals surface area contributed by atoms with Crippen LogP contribution >= 0.6 is 0 Å². The summed E-state index contributed by atoms with van der Waals surface area (Å²) in [6.07, 6.45) is -0.325. The van der Waals surface area contributed by atoms with Crippen molar-refractivity contribution in [3.05, 3.63) is 29.3 Å². The Morgan fingerprint density at radius 1 is 1.17 bits per heavy atom. The van der Waals surface area contributed by atoms with E-state index in [0.717, 1.165) is 43.0 Å². The van der Waals surface area contributed by atoms with Gasteiger partial charge in [0, 0.05) is 37.9 Å². The predicted octanol–water partition coefficient (Wildman–Crippen LogP) is 1.63. The van der Waals surface area contributed by atoms with Crippen molar-refractivity contribution in [1.82, 2.24) is 9.80 Å². The summed E-state index contributed by atoms with van der Waals surface area (Å²) < 4.78 is 0. The van der Waals surface area contributed by atoms with Gasteiger partial charge in [-0.15, -0.1) is 0 Å². The number of amides is 1. The highest BCUT2D eigenvalue weighted by Crippen LogP contribution is 2.19. The van der Waals surface area contributed by atoms with E-state index in [-0.39, 0.29) is 18.1 Å². The normalized spacial score (nSPS) is 19.3. The number of aliphatic hydroxyl groups excluding tert-OH is 1. The van der Waals surface area contributed by atoms with E-state index >= 15 is 0 Å². The number of para-hydroxylation sites is 1. The number of nitrogens with one attached hydrogen (secondary N) is 1. The molecule has 0 bridgehead atoms. The van der Waals surface area contributed by atoms with Crippen LogP contribution in [0.25, 0.3) is 0 Å². The van der Waals surface area contributed by atoms with Crippen LogP contribution < -0.4 is 5.32 Å². The van der Waals surface area contributed by atoms with Gasteiger partial charge in [0.15, 0.2) is 0 Å². The van der Waals surface area contributed by atoms with Crippen molar-refractivity contribution in [1.29, 1.82) is 0 Å². The largest absolute Gasteiger partial charge is 0.392 e. The Bertz CT molecular complexity index is 517. The molecule has 1 aromatic rings. The summed E-state index contributed by atoms with van der Waals surface area (Å²) in [5.41, 5.74) is 3.11. The number of carbonyl (C=O) groups excluding carboxylic acids is 1. The molecule has 2 N–H and O–H groups in total. The number of aryl methyl sites for hydroxylation is 2. The molecule has 1 amide bonds. The van der Waals surface area contributed by atoms with E-state index in [0.29, 0.717) is 6.54 Å². The van der Waals surface area contributed by atoms with Gasteiger partial charge < -0.3 is 10.4 Å². The molecular formula is C18H29N3O2. The summed E-state index contributed by atoms with van der Waals surface area (Å²) in [6.45, 7) is 11.8. The van der Waals surface area contributed by atoms with Crippen LogP contribution in [0.15, 0.2) is 18.2 Å². The van der Waals surface area contributed by atoms with Gasteiger partial charge in [0.05, 0.1) is 12.6 Å². The second-order valence-electron chi connectivity index (χ2n) is 6.61. The number of rotatable bonds is 5. The zero-order valence-electron chi connectivity index (χ0n) is 14.7. The van der Waals surface area contributed by atoms with Gasteiger partial charge in [0.1, 0.15) is 0 Å². The molecule has 1 aliphatic rings. The molecule has 0 unspecified atom stereocenters. The van der Waals surface area contributed by atoms with E-state index < -0.39 is 0 Å². The molecular weight excluding hydrogens is 290 g/mol. The monoisotopic (exact) mass is 319 g/mol. The Balaban J connectivity index is 1.83. The molecule has 0 aliphatic carbocycles. The van der Waals surface area contributed by atoms with E-state index in [2.05, 4.69) is 15.1 Å². The molecule has 2 atom stereocenters. The Kier molecular flexibility index (Phi) is 6.16. The van der Waals surface area contributed by atoms with Crippen LogP contribution in [0.5, 0.6) is 0 Å². The van der Waals surface area contributed by atoms with E-state index in [4.69, 9.17) is 0 Å². The topological polar surface area (TPSA) is 55.8 Å². The molecule has 0 spiro atoms. The maximum atomic E-state index is 12.3. The van der Waals surface area contributed by atoms with Crippen molar-refractivity contribution in [2.24, 2.45) is 0 Å². The summed E-state index contributed by atoms with van der Waals surface area (Å²) in [4.78, 5) is 16.8. The summed E-state index contributed by atoms with van der Waals surface area (Å²) >= 11 is 0. The number of anilines is 1. The number of hydrogen-bond donors (Lipinski definition) is 2. The number of nitrogens with zero attached hydrogens (tertiary/aromatic N) is 2. The Hall–Kier alpha value is -1.43. The third-order valence-electron chi connectivity index (χ3n) is 4.79. The van der Waals surface area contributed by atoms with Crippen LogP contribution in [-0.2, 0) is 4.79 Å². The SMILES string of the molecule is Cc1cccc(C)c1NC(=O)CN1CCN([C@H](C)[C@H](C)O)CC1. The van der Waals surface area contributed by atoms with Gasteiger partial charge in [-0.05, 0) is 38.8 Å². The summed E-state index contributed by atoms with van der Waals surface area (Å²) in [5, 5.41) is 12.7. The van der Waals surface area contributed by atoms with Crippen LogP contribution in [-0.4, -0.2) is 65.7 Å². The Morgan fingerprint density at radius 3 is 2.26 bits per heavy atom. The molecule has 2 rings (SSSR count). The maximum absolute atomic E-state index is 12.3. The van der Waals surface area contributed by atoms with Gasteiger partial charge in [-0.3, -0.25) is 14.6 Å². The smallest absolute Gasteiger partial charge is 0.238 e. The van der Waals surface area contributed by atoms with Crippen molar-refractivity contribution >= 4 is 11.6 Å². The highest BCUT2D eigenvalue weighted by atomic mass is 16.3. The van der Waals surface area contributed by atoms with Crippen LogP contribution in [0.4, 0.5) is 5.69 Å². The number of benzene rings is 1. The van der Waals surface area contributed by atoms with Gasteiger partial charge >= 0.3 is 0 Å². The lowest BCUT2D eigenvalue weighted by molar-refractivity contribution is -0.117. The quantitative estimate of drug-likeness (QED) is 0.866. The van der Waals surface area contributed by atoms with Crippen LogP contribution in [0.2, 0.25) is 0 Å². The van der Waals surface area contributed by atoms with Crippen molar-refractivity contribution in [2.75, 3.05) is 38.0 Å². The molecule has 5 heteroatoms. The Morgan fingerprint density at radius 2 is 1.74 bits per heavy atom. The highest BCUT2D eigenvalue weighted by Gasteiger charge is 2.24. The molecule has 1 aliphatic heterocycles. The van der Waals surface area contributed by atoms with Crippen molar-refractivity contribution in [3.8, 4) is 0 Å². The zero-order valence-corrected chi connectivity index (χ0v) is 14.7. The summed E-state index contributed by atoms with van der Waals surface area (Å²) in [5.74, 6) is 0.0411. The molecule has 0 radical (unpaired) electrons. The number of carbonyl (C=O) groups is 1. The third kappa shape index (κ3) is 4.77. The minimum absolute atomic E-state index is 0.0411. The van der Waals surface area contributed by atoms with Crippen molar-refractivity contribution in [3.63, 3.8) is 0 Å². The second kappa shape index (κ2) is 7.90. The van der Waals surface area contributed by atoms with Crippen molar-refractivity contribution in [2.45, 2.75) is 39.8 Å². The average Bonchev–Trinajstić information content (AvgIpc) is 2.51.